The van der Waals surface area contributed by atoms with Gasteiger partial charge in [0, 0.05) is 10.0 Å². The van der Waals surface area contributed by atoms with E-state index in [1.807, 2.05) is 54.6 Å². The highest BCUT2D eigenvalue weighted by Crippen LogP contribution is 2.33. The first kappa shape index (κ1) is 16.8. The van der Waals surface area contributed by atoms with E-state index < -0.39 is 0 Å². The molecular weight excluding hydrogens is 492 g/mol. The van der Waals surface area contributed by atoms with Crippen LogP contribution in [-0.4, -0.2) is 29.6 Å². The van der Waals surface area contributed by atoms with E-state index in [1.54, 1.807) is 15.5 Å². The van der Waals surface area contributed by atoms with Gasteiger partial charge >= 0.3 is 0 Å². The summed E-state index contributed by atoms with van der Waals surface area (Å²) in [7, 11) is 0. The number of rotatable bonds is 3. The molecule has 0 unspecified atom stereocenters. The van der Waals surface area contributed by atoms with E-state index in [2.05, 4.69) is 47.2 Å². The van der Waals surface area contributed by atoms with Crippen molar-refractivity contribution in [2.24, 2.45) is 0 Å². The Hall–Kier alpha value is -2.36. The SMILES string of the molecule is Brc1ccc(-c2nc3sc(-c4cnn(-c5ccccc5)n4)nn3c2Br)cc1. The molecule has 0 N–H and O–H groups in total. The monoisotopic (exact) mass is 500 g/mol. The van der Waals surface area contributed by atoms with Crippen LogP contribution in [0, 0.1) is 0 Å². The van der Waals surface area contributed by atoms with Crippen molar-refractivity contribution in [2.75, 3.05) is 0 Å². The highest BCUT2D eigenvalue weighted by atomic mass is 79.9. The first-order valence-corrected chi connectivity index (χ1v) is 10.4. The fraction of sp³-hybridized carbons (Fsp3) is 0. The van der Waals surface area contributed by atoms with E-state index in [1.165, 1.54) is 11.3 Å². The molecule has 2 aromatic carbocycles. The van der Waals surface area contributed by atoms with Gasteiger partial charge < -0.3 is 0 Å². The van der Waals surface area contributed by atoms with Gasteiger partial charge in [-0.1, -0.05) is 57.6 Å². The number of fused-ring (bicyclic) bond motifs is 1. The normalized spacial score (nSPS) is 11.3. The summed E-state index contributed by atoms with van der Waals surface area (Å²) in [5, 5.41) is 14.3. The van der Waals surface area contributed by atoms with Crippen molar-refractivity contribution in [3.8, 4) is 27.6 Å². The Morgan fingerprint density at radius 3 is 2.41 bits per heavy atom. The summed E-state index contributed by atoms with van der Waals surface area (Å²) >= 11 is 8.56. The summed E-state index contributed by atoms with van der Waals surface area (Å²) < 4.78 is 3.64. The van der Waals surface area contributed by atoms with Gasteiger partial charge in [0.25, 0.3) is 0 Å². The molecule has 0 fully saturated rings. The molecule has 9 heteroatoms. The minimum Gasteiger partial charge on any atom is -0.216 e. The first-order chi connectivity index (χ1) is 13.2. The number of aromatic nitrogens is 6. The zero-order chi connectivity index (χ0) is 18.4. The van der Waals surface area contributed by atoms with Gasteiger partial charge in [0.2, 0.25) is 4.96 Å². The van der Waals surface area contributed by atoms with Gasteiger partial charge in [0.05, 0.1) is 11.9 Å². The molecule has 3 heterocycles. The number of benzene rings is 2. The van der Waals surface area contributed by atoms with Crippen LogP contribution in [0.25, 0.3) is 32.6 Å². The summed E-state index contributed by atoms with van der Waals surface area (Å²) in [5.74, 6) is 0. The van der Waals surface area contributed by atoms with Gasteiger partial charge in [0.15, 0.2) is 5.01 Å². The number of nitrogens with zero attached hydrogens (tertiary/aromatic N) is 6. The third kappa shape index (κ3) is 3.01. The van der Waals surface area contributed by atoms with Crippen LogP contribution in [0.2, 0.25) is 0 Å². The zero-order valence-corrected chi connectivity index (χ0v) is 17.6. The molecule has 0 saturated heterocycles. The maximum Gasteiger partial charge on any atom is 0.214 e. The van der Waals surface area contributed by atoms with Crippen LogP contribution in [0.3, 0.4) is 0 Å². The van der Waals surface area contributed by atoms with Crippen LogP contribution >= 0.6 is 43.2 Å². The second kappa shape index (κ2) is 6.66. The standard InChI is InChI=1S/C18H10Br2N6S/c19-12-8-6-11(7-9-12)15-16(20)25-18(22-15)27-17(24-25)14-10-21-26(23-14)13-4-2-1-3-5-13/h1-10H. The Balaban J connectivity index is 1.53. The number of hydrogen-bond donors (Lipinski definition) is 0. The van der Waals surface area contributed by atoms with E-state index >= 15 is 0 Å². The van der Waals surface area contributed by atoms with Crippen LogP contribution < -0.4 is 0 Å². The first-order valence-electron chi connectivity index (χ1n) is 7.98. The molecule has 0 amide bonds. The fourth-order valence-corrected chi connectivity index (χ4v) is 4.46. The topological polar surface area (TPSA) is 60.9 Å². The van der Waals surface area contributed by atoms with Crippen molar-refractivity contribution in [1.82, 2.24) is 29.6 Å². The van der Waals surface area contributed by atoms with E-state index in [0.717, 1.165) is 36.0 Å². The van der Waals surface area contributed by atoms with Crippen LogP contribution in [-0.2, 0) is 0 Å². The molecule has 0 saturated carbocycles. The maximum atomic E-state index is 4.73. The molecule has 0 spiro atoms. The minimum atomic E-state index is 0.714. The van der Waals surface area contributed by atoms with Gasteiger partial charge in [-0.3, -0.25) is 0 Å². The van der Waals surface area contributed by atoms with Crippen molar-refractivity contribution in [1.29, 1.82) is 0 Å². The number of halogens is 2. The lowest BCUT2D eigenvalue weighted by Gasteiger charge is -1.98. The number of imidazole rings is 1. The smallest absolute Gasteiger partial charge is 0.214 e. The Morgan fingerprint density at radius 1 is 0.889 bits per heavy atom. The van der Waals surface area contributed by atoms with E-state index in [4.69, 9.17) is 4.98 Å². The van der Waals surface area contributed by atoms with Crippen LogP contribution in [0.5, 0.6) is 0 Å². The Bertz CT molecular complexity index is 1240. The Labute approximate surface area is 174 Å². The van der Waals surface area contributed by atoms with Gasteiger partial charge in [-0.05, 0) is 40.2 Å². The zero-order valence-electron chi connectivity index (χ0n) is 13.6. The molecule has 0 bridgehead atoms. The van der Waals surface area contributed by atoms with E-state index in [0.29, 0.717) is 5.69 Å². The van der Waals surface area contributed by atoms with Crippen LogP contribution in [0.4, 0.5) is 0 Å². The van der Waals surface area contributed by atoms with Gasteiger partial charge in [-0.15, -0.1) is 5.10 Å². The molecule has 0 aliphatic carbocycles. The summed E-state index contributed by atoms with van der Waals surface area (Å²) in [4.78, 5) is 7.12. The van der Waals surface area contributed by atoms with E-state index in [-0.39, 0.29) is 0 Å². The molecule has 132 valence electrons. The van der Waals surface area contributed by atoms with Crippen LogP contribution in [0.15, 0.2) is 69.9 Å². The molecule has 3 aromatic heterocycles. The third-order valence-electron chi connectivity index (χ3n) is 3.96. The molecular formula is C18H10Br2N6S. The quantitative estimate of drug-likeness (QED) is 0.339. The van der Waals surface area contributed by atoms with Crippen LogP contribution in [0.1, 0.15) is 0 Å². The van der Waals surface area contributed by atoms with Gasteiger partial charge in [0.1, 0.15) is 16.0 Å². The second-order valence-corrected chi connectivity index (χ2v) is 8.34. The lowest BCUT2D eigenvalue weighted by molar-refractivity contribution is 0.753. The molecule has 0 atom stereocenters. The lowest BCUT2D eigenvalue weighted by atomic mass is 10.2. The summed E-state index contributed by atoms with van der Waals surface area (Å²) in [6.07, 6.45) is 1.72. The molecule has 0 radical (unpaired) electrons. The largest absolute Gasteiger partial charge is 0.216 e. The second-order valence-electron chi connectivity index (χ2n) is 5.71. The average molecular weight is 502 g/mol. The molecule has 27 heavy (non-hydrogen) atoms. The maximum absolute atomic E-state index is 4.73. The fourth-order valence-electron chi connectivity index (χ4n) is 2.67. The number of para-hydroxylation sites is 1. The van der Waals surface area contributed by atoms with Gasteiger partial charge in [-0.2, -0.15) is 19.5 Å². The summed E-state index contributed by atoms with van der Waals surface area (Å²) in [6.45, 7) is 0. The highest BCUT2D eigenvalue weighted by Gasteiger charge is 2.18. The predicted octanol–water partition coefficient (Wildman–Crippen LogP) is 5.23. The molecule has 0 aliphatic rings. The van der Waals surface area contributed by atoms with Crippen molar-refractivity contribution in [2.45, 2.75) is 0 Å². The lowest BCUT2D eigenvalue weighted by Crippen LogP contribution is -1.97. The third-order valence-corrected chi connectivity index (χ3v) is 6.14. The Morgan fingerprint density at radius 2 is 1.67 bits per heavy atom. The molecule has 5 rings (SSSR count). The predicted molar refractivity (Wildman–Crippen MR) is 112 cm³/mol. The van der Waals surface area contributed by atoms with E-state index in [9.17, 15) is 0 Å². The van der Waals surface area contributed by atoms with Crippen molar-refractivity contribution >= 4 is 48.2 Å². The molecule has 5 aromatic rings. The van der Waals surface area contributed by atoms with Crippen molar-refractivity contribution in [3.63, 3.8) is 0 Å². The average Bonchev–Trinajstić information content (AvgIpc) is 3.40. The van der Waals surface area contributed by atoms with Gasteiger partial charge in [-0.25, -0.2) is 4.98 Å². The van der Waals surface area contributed by atoms with Crippen molar-refractivity contribution in [3.05, 3.63) is 69.9 Å². The summed E-state index contributed by atoms with van der Waals surface area (Å²) in [5.41, 5.74) is 3.51. The van der Waals surface area contributed by atoms with Crippen molar-refractivity contribution < 1.29 is 0 Å². The highest BCUT2D eigenvalue weighted by molar-refractivity contribution is 9.10. The molecule has 0 aliphatic heterocycles. The Kier molecular flexibility index (Phi) is 4.14. The minimum absolute atomic E-state index is 0.714. The molecule has 6 nitrogen and oxygen atoms in total. The summed E-state index contributed by atoms with van der Waals surface area (Å²) in [6, 6.07) is 17.8. The number of hydrogen-bond acceptors (Lipinski definition) is 5.